The molecule has 0 radical (unpaired) electrons. The van der Waals surface area contributed by atoms with Gasteiger partial charge < -0.3 is 9.47 Å². The third kappa shape index (κ3) is 6.62. The Morgan fingerprint density at radius 3 is 1.74 bits per heavy atom. The molecular formula is C38H60O2P2. The number of hydrogen-bond donors (Lipinski definition) is 0. The average molecular weight is 611 g/mol. The fraction of sp³-hybridized carbons (Fsp3) is 0.684. The van der Waals surface area contributed by atoms with Gasteiger partial charge >= 0.3 is 0 Å². The van der Waals surface area contributed by atoms with Crippen LogP contribution in [-0.2, 0) is 0 Å². The summed E-state index contributed by atoms with van der Waals surface area (Å²) >= 11 is 0. The number of rotatable bonds is 8. The van der Waals surface area contributed by atoms with Gasteiger partial charge in [-0.15, -0.1) is 0 Å². The van der Waals surface area contributed by atoms with Crippen molar-refractivity contribution in [1.82, 2.24) is 0 Å². The van der Waals surface area contributed by atoms with Gasteiger partial charge in [0, 0.05) is 0 Å². The van der Waals surface area contributed by atoms with E-state index >= 15 is 0 Å². The number of aryl methyl sites for hydroxylation is 3. The van der Waals surface area contributed by atoms with Crippen LogP contribution in [0.2, 0.25) is 0 Å². The van der Waals surface area contributed by atoms with Gasteiger partial charge in [-0.2, -0.15) is 0 Å². The molecule has 0 amide bonds. The average Bonchev–Trinajstić information content (AvgIpc) is 3.55. The quantitative estimate of drug-likeness (QED) is 0.277. The van der Waals surface area contributed by atoms with E-state index < -0.39 is 7.92 Å². The van der Waals surface area contributed by atoms with E-state index in [9.17, 15) is 0 Å². The van der Waals surface area contributed by atoms with Crippen molar-refractivity contribution in [1.29, 1.82) is 0 Å². The van der Waals surface area contributed by atoms with E-state index in [0.717, 1.165) is 23.1 Å². The Labute approximate surface area is 261 Å². The number of methoxy groups -OCH3 is 2. The van der Waals surface area contributed by atoms with E-state index in [4.69, 9.17) is 9.47 Å². The summed E-state index contributed by atoms with van der Waals surface area (Å²) in [6, 6.07) is 7.58. The molecule has 0 heterocycles. The van der Waals surface area contributed by atoms with Gasteiger partial charge in [0.1, 0.15) is 11.5 Å². The van der Waals surface area contributed by atoms with E-state index in [2.05, 4.69) is 94.4 Å². The molecule has 42 heavy (non-hydrogen) atoms. The van der Waals surface area contributed by atoms with Crippen LogP contribution in [0.3, 0.4) is 0 Å². The fourth-order valence-corrected chi connectivity index (χ4v) is 18.6. The van der Waals surface area contributed by atoms with Gasteiger partial charge in [-0.3, -0.25) is 0 Å². The molecule has 0 saturated heterocycles. The Balaban J connectivity index is 1.98. The minimum absolute atomic E-state index is 0.191. The van der Waals surface area contributed by atoms with E-state index in [0.29, 0.717) is 21.9 Å². The molecular weight excluding hydrogens is 550 g/mol. The maximum absolute atomic E-state index is 6.07. The highest BCUT2D eigenvalue weighted by molar-refractivity contribution is 7.73. The van der Waals surface area contributed by atoms with Crippen molar-refractivity contribution in [2.45, 2.75) is 149 Å². The van der Waals surface area contributed by atoms with Crippen LogP contribution in [0.1, 0.15) is 127 Å². The summed E-state index contributed by atoms with van der Waals surface area (Å²) in [5, 5.41) is 3.89. The summed E-state index contributed by atoms with van der Waals surface area (Å²) in [4.78, 5) is 0. The van der Waals surface area contributed by atoms with Crippen LogP contribution < -0.4 is 20.1 Å². The SMILES string of the molecule is COc1c(C)cc(P(c2cc(C)c(OC)c(C)c2C2CCCC2)[C@H]2CCC[C@H]2C(C)P(C(C)(C)C)C(C)(C)C)cc1C. The molecule has 2 aromatic carbocycles. The first kappa shape index (κ1) is 33.8. The molecule has 0 N–H and O–H groups in total. The Morgan fingerprint density at radius 2 is 1.24 bits per heavy atom. The van der Waals surface area contributed by atoms with Gasteiger partial charge in [0.2, 0.25) is 0 Å². The van der Waals surface area contributed by atoms with Crippen LogP contribution in [-0.4, -0.2) is 35.8 Å². The van der Waals surface area contributed by atoms with Crippen LogP contribution >= 0.6 is 15.8 Å². The maximum Gasteiger partial charge on any atom is 0.124 e. The first-order valence-electron chi connectivity index (χ1n) is 16.5. The first-order valence-corrected chi connectivity index (χ1v) is 19.4. The highest BCUT2D eigenvalue weighted by Gasteiger charge is 2.47. The van der Waals surface area contributed by atoms with Crippen molar-refractivity contribution in [3.8, 4) is 11.5 Å². The molecule has 4 heteroatoms. The summed E-state index contributed by atoms with van der Waals surface area (Å²) in [6.07, 6.45) is 9.40. The Morgan fingerprint density at radius 1 is 0.714 bits per heavy atom. The minimum Gasteiger partial charge on any atom is -0.496 e. The molecule has 2 fully saturated rings. The zero-order valence-corrected chi connectivity index (χ0v) is 31.0. The highest BCUT2D eigenvalue weighted by Crippen LogP contribution is 2.67. The second-order valence-corrected chi connectivity index (χ2v) is 22.0. The van der Waals surface area contributed by atoms with Gasteiger partial charge in [-0.25, -0.2) is 0 Å². The number of benzene rings is 2. The third-order valence-electron chi connectivity index (χ3n) is 10.2. The van der Waals surface area contributed by atoms with E-state index in [1.54, 1.807) is 16.2 Å². The standard InChI is InChI=1S/C38H60O2P2/c1-24-21-30(22-25(2)35(24)39-12)41(32-20-16-19-31(32)28(5)42(37(6,7)8)38(9,10)11)33-23-26(3)36(40-13)27(4)34(33)29-17-14-15-18-29/h21-23,28-29,31-32H,14-20H2,1-13H3/t28?,31-,32-,41?/m0/s1. The second-order valence-electron chi connectivity index (χ2n) is 15.4. The van der Waals surface area contributed by atoms with Crippen LogP contribution in [0, 0.1) is 33.6 Å². The molecule has 2 unspecified atom stereocenters. The monoisotopic (exact) mass is 610 g/mol. The van der Waals surface area contributed by atoms with Crippen molar-refractivity contribution in [2.24, 2.45) is 5.92 Å². The zero-order valence-electron chi connectivity index (χ0n) is 29.2. The van der Waals surface area contributed by atoms with Crippen molar-refractivity contribution in [3.05, 3.63) is 46.0 Å². The minimum atomic E-state index is -0.557. The van der Waals surface area contributed by atoms with Crippen molar-refractivity contribution in [3.63, 3.8) is 0 Å². The molecule has 0 spiro atoms. The van der Waals surface area contributed by atoms with Crippen LogP contribution in [0.25, 0.3) is 0 Å². The molecule has 2 saturated carbocycles. The molecule has 2 nitrogen and oxygen atoms in total. The lowest BCUT2D eigenvalue weighted by molar-refractivity contribution is 0.407. The van der Waals surface area contributed by atoms with E-state index in [1.807, 2.05) is 14.2 Å². The molecule has 0 aliphatic heterocycles. The molecule has 0 bridgehead atoms. The zero-order chi connectivity index (χ0) is 31.1. The molecule has 2 aliphatic carbocycles. The topological polar surface area (TPSA) is 18.5 Å². The summed E-state index contributed by atoms with van der Waals surface area (Å²) < 4.78 is 11.9. The Bertz CT molecular complexity index is 1210. The highest BCUT2D eigenvalue weighted by atomic mass is 31.1. The Kier molecular flexibility index (Phi) is 10.5. The predicted molar refractivity (Wildman–Crippen MR) is 189 cm³/mol. The summed E-state index contributed by atoms with van der Waals surface area (Å²) in [7, 11) is 2.94. The predicted octanol–water partition coefficient (Wildman–Crippen LogP) is 10.7. The maximum atomic E-state index is 6.07. The van der Waals surface area contributed by atoms with Crippen LogP contribution in [0.15, 0.2) is 18.2 Å². The molecule has 234 valence electrons. The summed E-state index contributed by atoms with van der Waals surface area (Å²) in [5.74, 6) is 3.56. The molecule has 0 aromatic heterocycles. The molecule has 2 aliphatic rings. The number of ether oxygens (including phenoxy) is 2. The molecule has 4 rings (SSSR count). The fourth-order valence-electron chi connectivity index (χ4n) is 9.37. The lowest BCUT2D eigenvalue weighted by Crippen LogP contribution is -2.38. The lowest BCUT2D eigenvalue weighted by atomic mass is 9.91. The van der Waals surface area contributed by atoms with Gasteiger partial charge in [-0.05, 0) is 151 Å². The van der Waals surface area contributed by atoms with Gasteiger partial charge in [0.05, 0.1) is 14.2 Å². The first-order chi connectivity index (χ1) is 19.6. The normalized spacial score (nSPS) is 21.7. The van der Waals surface area contributed by atoms with E-state index in [1.165, 1.54) is 67.2 Å². The van der Waals surface area contributed by atoms with Crippen LogP contribution in [0.5, 0.6) is 11.5 Å². The Hall–Kier alpha value is -1.10. The molecule has 2 aromatic rings. The largest absolute Gasteiger partial charge is 0.496 e. The number of hydrogen-bond acceptors (Lipinski definition) is 2. The third-order valence-corrected chi connectivity index (χ3v) is 17.3. The van der Waals surface area contributed by atoms with Crippen molar-refractivity contribution in [2.75, 3.05) is 14.2 Å². The van der Waals surface area contributed by atoms with Gasteiger partial charge in [-0.1, -0.05) is 75.7 Å². The summed E-state index contributed by atoms with van der Waals surface area (Å²) in [5.41, 5.74) is 8.33. The van der Waals surface area contributed by atoms with Gasteiger partial charge in [0.15, 0.2) is 0 Å². The van der Waals surface area contributed by atoms with Crippen molar-refractivity contribution < 1.29 is 9.47 Å². The molecule has 4 atom stereocenters. The summed E-state index contributed by atoms with van der Waals surface area (Å²) in [6.45, 7) is 26.8. The smallest absolute Gasteiger partial charge is 0.124 e. The van der Waals surface area contributed by atoms with Crippen molar-refractivity contribution >= 4 is 26.5 Å². The lowest BCUT2D eigenvalue weighted by Gasteiger charge is -2.49. The second kappa shape index (κ2) is 13.1. The van der Waals surface area contributed by atoms with E-state index in [-0.39, 0.29) is 7.92 Å². The van der Waals surface area contributed by atoms with Crippen LogP contribution in [0.4, 0.5) is 0 Å². The van der Waals surface area contributed by atoms with Gasteiger partial charge in [0.25, 0.3) is 0 Å².